The maximum absolute atomic E-state index is 11.4. The minimum absolute atomic E-state index is 0. The van der Waals surface area contributed by atoms with E-state index in [1.807, 2.05) is 19.3 Å². The molecule has 1 aromatic heterocycles. The quantitative estimate of drug-likeness (QED) is 0.332. The number of guanidine groups is 1. The highest BCUT2D eigenvalue weighted by Crippen LogP contribution is 2.24. The molecule has 3 N–H and O–H groups in total. The van der Waals surface area contributed by atoms with Crippen LogP contribution in [0.1, 0.15) is 38.2 Å². The smallest absolute Gasteiger partial charge is 0.220 e. The third-order valence-corrected chi connectivity index (χ3v) is 5.86. The first-order valence-electron chi connectivity index (χ1n) is 10.7. The fourth-order valence-electron chi connectivity index (χ4n) is 4.21. The number of anilines is 1. The SMILES string of the molecule is CCOC1CCN(C(=NC)NCc2cccnc2N2CCC(C(N)=O)CC2)CC1.I. The molecule has 0 unspecified atom stereocenters. The molecule has 1 amide bonds. The molecule has 0 saturated carbocycles. The maximum Gasteiger partial charge on any atom is 0.220 e. The molecule has 30 heavy (non-hydrogen) atoms. The van der Waals surface area contributed by atoms with E-state index >= 15 is 0 Å². The van der Waals surface area contributed by atoms with E-state index in [2.05, 4.69) is 38.1 Å². The minimum Gasteiger partial charge on any atom is -0.378 e. The number of carbonyl (C=O) groups excluding carboxylic acids is 1. The van der Waals surface area contributed by atoms with Gasteiger partial charge in [0, 0.05) is 64.1 Å². The topological polar surface area (TPSA) is 96.1 Å². The zero-order chi connectivity index (χ0) is 20.6. The van der Waals surface area contributed by atoms with Gasteiger partial charge in [-0.2, -0.15) is 0 Å². The summed E-state index contributed by atoms with van der Waals surface area (Å²) in [5, 5.41) is 3.50. The predicted molar refractivity (Wildman–Crippen MR) is 130 cm³/mol. The summed E-state index contributed by atoms with van der Waals surface area (Å²) in [6.07, 6.45) is 5.82. The first kappa shape index (κ1) is 24.6. The van der Waals surface area contributed by atoms with E-state index in [1.165, 1.54) is 0 Å². The molecule has 3 heterocycles. The van der Waals surface area contributed by atoms with Crippen molar-refractivity contribution in [1.82, 2.24) is 15.2 Å². The number of nitrogens with zero attached hydrogens (tertiary/aromatic N) is 4. The average molecular weight is 530 g/mol. The van der Waals surface area contributed by atoms with Gasteiger partial charge in [-0.1, -0.05) is 6.07 Å². The minimum atomic E-state index is -0.190. The van der Waals surface area contributed by atoms with Crippen LogP contribution in [-0.2, 0) is 16.1 Å². The second kappa shape index (κ2) is 12.3. The number of ether oxygens (including phenoxy) is 1. The summed E-state index contributed by atoms with van der Waals surface area (Å²) in [4.78, 5) is 25.1. The molecule has 2 fully saturated rings. The molecule has 0 radical (unpaired) electrons. The van der Waals surface area contributed by atoms with Crippen LogP contribution in [0.4, 0.5) is 5.82 Å². The zero-order valence-corrected chi connectivity index (χ0v) is 20.4. The summed E-state index contributed by atoms with van der Waals surface area (Å²) in [6.45, 7) is 6.99. The Morgan fingerprint density at radius 2 is 1.97 bits per heavy atom. The largest absolute Gasteiger partial charge is 0.378 e. The molecule has 2 aliphatic rings. The number of aliphatic imine (C=N–C) groups is 1. The van der Waals surface area contributed by atoms with Crippen molar-refractivity contribution in [3.8, 4) is 0 Å². The monoisotopic (exact) mass is 530 g/mol. The molecule has 0 spiro atoms. The number of hydrogen-bond donors (Lipinski definition) is 2. The highest BCUT2D eigenvalue weighted by atomic mass is 127. The van der Waals surface area contributed by atoms with E-state index in [0.29, 0.717) is 12.6 Å². The van der Waals surface area contributed by atoms with Gasteiger partial charge in [0.2, 0.25) is 5.91 Å². The van der Waals surface area contributed by atoms with Crippen molar-refractivity contribution in [2.45, 2.75) is 45.3 Å². The van der Waals surface area contributed by atoms with Crippen LogP contribution in [0.15, 0.2) is 23.3 Å². The van der Waals surface area contributed by atoms with Crippen molar-refractivity contribution in [3.63, 3.8) is 0 Å². The van der Waals surface area contributed by atoms with Crippen LogP contribution in [0.5, 0.6) is 0 Å². The second-order valence-corrected chi connectivity index (χ2v) is 7.69. The number of piperidine rings is 2. The van der Waals surface area contributed by atoms with Crippen molar-refractivity contribution in [1.29, 1.82) is 0 Å². The number of rotatable bonds is 6. The molecule has 0 bridgehead atoms. The van der Waals surface area contributed by atoms with Gasteiger partial charge < -0.3 is 25.6 Å². The Morgan fingerprint density at radius 1 is 1.27 bits per heavy atom. The van der Waals surface area contributed by atoms with Gasteiger partial charge in [0.15, 0.2) is 5.96 Å². The van der Waals surface area contributed by atoms with Crippen LogP contribution in [0.25, 0.3) is 0 Å². The van der Waals surface area contributed by atoms with Gasteiger partial charge in [-0.05, 0) is 38.7 Å². The molecule has 1 aromatic rings. The van der Waals surface area contributed by atoms with E-state index in [9.17, 15) is 4.79 Å². The number of halogens is 1. The zero-order valence-electron chi connectivity index (χ0n) is 18.0. The van der Waals surface area contributed by atoms with Crippen LogP contribution in [-0.4, -0.2) is 67.7 Å². The molecule has 0 aliphatic carbocycles. The summed E-state index contributed by atoms with van der Waals surface area (Å²) in [6, 6.07) is 4.07. The lowest BCUT2D eigenvalue weighted by Gasteiger charge is -2.35. The average Bonchev–Trinajstić information content (AvgIpc) is 2.76. The van der Waals surface area contributed by atoms with E-state index in [4.69, 9.17) is 10.5 Å². The summed E-state index contributed by atoms with van der Waals surface area (Å²) >= 11 is 0. The van der Waals surface area contributed by atoms with E-state index in [-0.39, 0.29) is 35.8 Å². The Labute approximate surface area is 196 Å². The molecular weight excluding hydrogens is 495 g/mol. The third kappa shape index (κ3) is 6.44. The van der Waals surface area contributed by atoms with Gasteiger partial charge in [-0.15, -0.1) is 24.0 Å². The number of nitrogens with one attached hydrogen (secondary N) is 1. The number of hydrogen-bond acceptors (Lipinski definition) is 5. The molecule has 0 atom stereocenters. The van der Waals surface area contributed by atoms with Crippen LogP contribution in [0.3, 0.4) is 0 Å². The maximum atomic E-state index is 11.4. The van der Waals surface area contributed by atoms with Gasteiger partial charge >= 0.3 is 0 Å². The number of amides is 1. The molecular formula is C21H35IN6O2. The number of pyridine rings is 1. The molecule has 2 saturated heterocycles. The lowest BCUT2D eigenvalue weighted by molar-refractivity contribution is -0.122. The van der Waals surface area contributed by atoms with Crippen LogP contribution in [0, 0.1) is 5.92 Å². The third-order valence-electron chi connectivity index (χ3n) is 5.86. The Morgan fingerprint density at radius 3 is 2.57 bits per heavy atom. The Bertz CT molecular complexity index is 700. The van der Waals surface area contributed by atoms with Gasteiger partial charge in [-0.25, -0.2) is 4.98 Å². The number of nitrogens with two attached hydrogens (primary N) is 1. The van der Waals surface area contributed by atoms with Gasteiger partial charge in [0.1, 0.15) is 5.82 Å². The first-order chi connectivity index (χ1) is 14.1. The highest BCUT2D eigenvalue weighted by molar-refractivity contribution is 14.0. The fourth-order valence-corrected chi connectivity index (χ4v) is 4.21. The Balaban J connectivity index is 0.00000320. The lowest BCUT2D eigenvalue weighted by atomic mass is 9.96. The predicted octanol–water partition coefficient (Wildman–Crippen LogP) is 1.98. The van der Waals surface area contributed by atoms with Crippen molar-refractivity contribution in [2.75, 3.05) is 44.7 Å². The lowest BCUT2D eigenvalue weighted by Crippen LogP contribution is -2.47. The van der Waals surface area contributed by atoms with E-state index < -0.39 is 0 Å². The van der Waals surface area contributed by atoms with Crippen LogP contribution < -0.4 is 16.0 Å². The molecule has 8 nitrogen and oxygen atoms in total. The number of likely N-dealkylation sites (tertiary alicyclic amines) is 1. The summed E-state index contributed by atoms with van der Waals surface area (Å²) in [5.74, 6) is 1.69. The fraction of sp³-hybridized carbons (Fsp3) is 0.667. The molecule has 2 aliphatic heterocycles. The summed E-state index contributed by atoms with van der Waals surface area (Å²) < 4.78 is 5.75. The Hall–Kier alpha value is -1.62. The Kier molecular flexibility index (Phi) is 10.1. The standard InChI is InChI=1S/C21H34N6O2.HI/c1-3-29-18-8-13-27(14-9-18)21(23-2)25-15-17-5-4-10-24-20(17)26-11-6-16(7-12-26)19(22)28;/h4-5,10,16,18H,3,6-9,11-15H2,1-2H3,(H2,22,28)(H,23,25);1H. The first-order valence-corrected chi connectivity index (χ1v) is 10.7. The van der Waals surface area contributed by atoms with Gasteiger partial charge in [-0.3, -0.25) is 9.79 Å². The van der Waals surface area contributed by atoms with Crippen LogP contribution >= 0.6 is 24.0 Å². The summed E-state index contributed by atoms with van der Waals surface area (Å²) in [5.41, 5.74) is 6.60. The molecule has 3 rings (SSSR count). The van der Waals surface area contributed by atoms with E-state index in [0.717, 1.165) is 75.8 Å². The van der Waals surface area contributed by atoms with E-state index in [1.54, 1.807) is 0 Å². The number of primary amides is 1. The molecule has 0 aromatic carbocycles. The van der Waals surface area contributed by atoms with Gasteiger partial charge in [0.25, 0.3) is 0 Å². The molecule has 168 valence electrons. The van der Waals surface area contributed by atoms with Gasteiger partial charge in [0.05, 0.1) is 6.10 Å². The van der Waals surface area contributed by atoms with Crippen molar-refractivity contribution in [3.05, 3.63) is 23.9 Å². The second-order valence-electron chi connectivity index (χ2n) is 7.69. The van der Waals surface area contributed by atoms with Crippen molar-refractivity contribution >= 4 is 41.7 Å². The molecule has 9 heteroatoms. The normalized spacial score (nSPS) is 18.8. The van der Waals surface area contributed by atoms with Crippen LogP contribution in [0.2, 0.25) is 0 Å². The highest BCUT2D eigenvalue weighted by Gasteiger charge is 2.25. The number of carbonyl (C=O) groups is 1. The number of aromatic nitrogens is 1. The van der Waals surface area contributed by atoms with Crippen molar-refractivity contribution < 1.29 is 9.53 Å². The summed E-state index contributed by atoms with van der Waals surface area (Å²) in [7, 11) is 1.83. The van der Waals surface area contributed by atoms with Crippen molar-refractivity contribution in [2.24, 2.45) is 16.6 Å².